The lowest BCUT2D eigenvalue weighted by Crippen LogP contribution is -2.40. The van der Waals surface area contributed by atoms with Crippen LogP contribution in [0.2, 0.25) is 0 Å². The molecule has 0 aliphatic carbocycles. The van der Waals surface area contributed by atoms with E-state index in [1.54, 1.807) is 18.2 Å². The van der Waals surface area contributed by atoms with E-state index in [1.807, 2.05) is 23.1 Å². The summed E-state index contributed by atoms with van der Waals surface area (Å²) in [6.07, 6.45) is 2.04. The van der Waals surface area contributed by atoms with Gasteiger partial charge in [-0.3, -0.25) is 4.79 Å². The molecule has 29 heavy (non-hydrogen) atoms. The Labute approximate surface area is 172 Å². The zero-order chi connectivity index (χ0) is 20.2. The van der Waals surface area contributed by atoms with Gasteiger partial charge in [0.1, 0.15) is 11.6 Å². The molecule has 2 heterocycles. The minimum absolute atomic E-state index is 0.0650. The Morgan fingerprint density at radius 3 is 2.83 bits per heavy atom. The van der Waals surface area contributed by atoms with Gasteiger partial charge in [0, 0.05) is 18.8 Å². The van der Waals surface area contributed by atoms with Crippen LogP contribution in [0.4, 0.5) is 10.1 Å². The Morgan fingerprint density at radius 2 is 2.07 bits per heavy atom. The number of anilines is 1. The third kappa shape index (κ3) is 4.78. The van der Waals surface area contributed by atoms with Crippen molar-refractivity contribution < 1.29 is 9.13 Å². The molecule has 0 saturated carbocycles. The average Bonchev–Trinajstić information content (AvgIpc) is 3.22. The maximum absolute atomic E-state index is 13.2. The smallest absolute Gasteiger partial charge is 0.258 e. The number of para-hydroxylation sites is 1. The fourth-order valence-corrected chi connectivity index (χ4v) is 3.64. The average molecular weight is 412 g/mol. The molecule has 1 aliphatic rings. The first kappa shape index (κ1) is 19.5. The Morgan fingerprint density at radius 1 is 1.28 bits per heavy atom. The molecule has 1 aromatic heterocycles. The second kappa shape index (κ2) is 8.67. The molecular formula is C21H21FN4O2S. The summed E-state index contributed by atoms with van der Waals surface area (Å²) in [5.74, 6) is 0.213. The van der Waals surface area contributed by atoms with E-state index < -0.39 is 0 Å². The molecule has 2 aromatic carbocycles. The number of nitrogens with zero attached hydrogens (tertiary/aromatic N) is 2. The lowest BCUT2D eigenvalue weighted by molar-refractivity contribution is 0.0900. The number of halogens is 1. The quantitative estimate of drug-likeness (QED) is 0.626. The minimum atomic E-state index is -0.310. The van der Waals surface area contributed by atoms with Crippen LogP contribution < -0.4 is 10.9 Å². The largest absolute Gasteiger partial charge is 0.376 e. The summed E-state index contributed by atoms with van der Waals surface area (Å²) in [5.41, 5.74) is 1.15. The highest BCUT2D eigenvalue weighted by Crippen LogP contribution is 2.17. The zero-order valence-corrected chi connectivity index (χ0v) is 16.5. The summed E-state index contributed by atoms with van der Waals surface area (Å²) in [7, 11) is 0. The molecule has 1 aliphatic heterocycles. The Bertz CT molecular complexity index is 1060. The highest BCUT2D eigenvalue weighted by molar-refractivity contribution is 7.80. The van der Waals surface area contributed by atoms with E-state index in [2.05, 4.69) is 15.3 Å². The lowest BCUT2D eigenvalue weighted by atomic mass is 10.2. The third-order valence-electron chi connectivity index (χ3n) is 4.83. The molecule has 3 aromatic rings. The highest BCUT2D eigenvalue weighted by Gasteiger charge is 2.22. The van der Waals surface area contributed by atoms with Crippen molar-refractivity contribution in [2.75, 3.05) is 18.5 Å². The molecular weight excluding hydrogens is 391 g/mol. The zero-order valence-electron chi connectivity index (χ0n) is 15.7. The van der Waals surface area contributed by atoms with Crippen LogP contribution in [0.5, 0.6) is 0 Å². The second-order valence-electron chi connectivity index (χ2n) is 6.98. The van der Waals surface area contributed by atoms with E-state index in [0.717, 1.165) is 19.4 Å². The van der Waals surface area contributed by atoms with Crippen molar-refractivity contribution >= 4 is 33.9 Å². The fraction of sp³-hybridized carbons (Fsp3) is 0.286. The van der Waals surface area contributed by atoms with Crippen LogP contribution >= 0.6 is 12.2 Å². The SMILES string of the molecule is O=c1[nH]c(CN(C[C@H]2CCCO2)C(=S)Nc2ccc(F)cc2)nc2ccccc12. The molecule has 150 valence electrons. The number of thiocarbonyl (C=S) groups is 1. The van der Waals surface area contributed by atoms with E-state index >= 15 is 0 Å². The summed E-state index contributed by atoms with van der Waals surface area (Å²) in [6.45, 7) is 1.64. The number of hydrogen-bond acceptors (Lipinski definition) is 4. The number of aromatic nitrogens is 2. The van der Waals surface area contributed by atoms with Gasteiger partial charge in [0.05, 0.1) is 23.6 Å². The van der Waals surface area contributed by atoms with Crippen molar-refractivity contribution in [2.45, 2.75) is 25.5 Å². The van der Waals surface area contributed by atoms with E-state index in [0.29, 0.717) is 40.6 Å². The topological polar surface area (TPSA) is 70.2 Å². The van der Waals surface area contributed by atoms with Crippen molar-refractivity contribution in [1.29, 1.82) is 0 Å². The minimum Gasteiger partial charge on any atom is -0.376 e. The van der Waals surface area contributed by atoms with Gasteiger partial charge in [-0.05, 0) is 61.5 Å². The van der Waals surface area contributed by atoms with Crippen LogP contribution in [-0.2, 0) is 11.3 Å². The first-order valence-corrected chi connectivity index (χ1v) is 9.90. The van der Waals surface area contributed by atoms with Gasteiger partial charge < -0.3 is 19.9 Å². The number of ether oxygens (including phenoxy) is 1. The summed E-state index contributed by atoms with van der Waals surface area (Å²) in [5, 5.41) is 4.14. The summed E-state index contributed by atoms with van der Waals surface area (Å²) < 4.78 is 18.9. The monoisotopic (exact) mass is 412 g/mol. The molecule has 0 radical (unpaired) electrons. The van der Waals surface area contributed by atoms with Crippen LogP contribution in [-0.4, -0.2) is 39.2 Å². The lowest BCUT2D eigenvalue weighted by Gasteiger charge is -2.28. The molecule has 8 heteroatoms. The molecule has 0 unspecified atom stereocenters. The fourth-order valence-electron chi connectivity index (χ4n) is 3.38. The van der Waals surface area contributed by atoms with E-state index in [4.69, 9.17) is 17.0 Å². The van der Waals surface area contributed by atoms with Crippen LogP contribution in [0.3, 0.4) is 0 Å². The molecule has 1 saturated heterocycles. The maximum atomic E-state index is 13.2. The summed E-state index contributed by atoms with van der Waals surface area (Å²) in [4.78, 5) is 21.7. The summed E-state index contributed by atoms with van der Waals surface area (Å²) in [6, 6.07) is 13.2. The molecule has 2 N–H and O–H groups in total. The van der Waals surface area contributed by atoms with Gasteiger partial charge in [-0.15, -0.1) is 0 Å². The van der Waals surface area contributed by atoms with Gasteiger partial charge in [-0.2, -0.15) is 0 Å². The number of benzene rings is 2. The van der Waals surface area contributed by atoms with Gasteiger partial charge in [0.25, 0.3) is 5.56 Å². The molecule has 0 amide bonds. The van der Waals surface area contributed by atoms with Crippen molar-refractivity contribution in [3.05, 3.63) is 70.5 Å². The number of H-pyrrole nitrogens is 1. The van der Waals surface area contributed by atoms with Crippen LogP contribution in [0.25, 0.3) is 10.9 Å². The standard InChI is InChI=1S/C21H21FN4O2S/c22-14-7-9-15(10-8-14)23-21(29)26(12-16-4-3-11-28-16)13-19-24-18-6-2-1-5-17(18)20(27)25-19/h1-2,5-10,16H,3-4,11-13H2,(H,23,29)(H,24,25,27)/t16-/m1/s1. The third-order valence-corrected chi connectivity index (χ3v) is 5.19. The first-order valence-electron chi connectivity index (χ1n) is 9.49. The first-order chi connectivity index (χ1) is 14.1. The van der Waals surface area contributed by atoms with Gasteiger partial charge in [0.15, 0.2) is 5.11 Å². The highest BCUT2D eigenvalue weighted by atomic mass is 32.1. The molecule has 4 rings (SSSR count). The van der Waals surface area contributed by atoms with Gasteiger partial charge in [-0.25, -0.2) is 9.37 Å². The van der Waals surface area contributed by atoms with E-state index in [1.165, 1.54) is 12.1 Å². The second-order valence-corrected chi connectivity index (χ2v) is 7.37. The van der Waals surface area contributed by atoms with Gasteiger partial charge >= 0.3 is 0 Å². The summed E-state index contributed by atoms with van der Waals surface area (Å²) >= 11 is 5.60. The molecule has 1 fully saturated rings. The number of nitrogens with one attached hydrogen (secondary N) is 2. The van der Waals surface area contributed by atoms with Gasteiger partial charge in [-0.1, -0.05) is 12.1 Å². The number of aromatic amines is 1. The van der Waals surface area contributed by atoms with Crippen LogP contribution in [0, 0.1) is 5.82 Å². The number of rotatable bonds is 5. The van der Waals surface area contributed by atoms with Crippen molar-refractivity contribution in [3.8, 4) is 0 Å². The van der Waals surface area contributed by atoms with E-state index in [9.17, 15) is 9.18 Å². The number of fused-ring (bicyclic) bond motifs is 1. The van der Waals surface area contributed by atoms with Crippen LogP contribution in [0.15, 0.2) is 53.3 Å². The molecule has 0 spiro atoms. The number of hydrogen-bond donors (Lipinski definition) is 2. The Kier molecular flexibility index (Phi) is 5.82. The van der Waals surface area contributed by atoms with Crippen molar-refractivity contribution in [1.82, 2.24) is 14.9 Å². The van der Waals surface area contributed by atoms with E-state index in [-0.39, 0.29) is 17.5 Å². The normalized spacial score (nSPS) is 16.1. The molecule has 0 bridgehead atoms. The Hall–Kier alpha value is -2.84. The van der Waals surface area contributed by atoms with Crippen molar-refractivity contribution in [2.24, 2.45) is 0 Å². The van der Waals surface area contributed by atoms with Crippen LogP contribution in [0.1, 0.15) is 18.7 Å². The molecule has 1 atom stereocenters. The predicted octanol–water partition coefficient (Wildman–Crippen LogP) is 3.44. The molecule has 6 nitrogen and oxygen atoms in total. The maximum Gasteiger partial charge on any atom is 0.258 e. The van der Waals surface area contributed by atoms with Crippen molar-refractivity contribution in [3.63, 3.8) is 0 Å². The van der Waals surface area contributed by atoms with Gasteiger partial charge in [0.2, 0.25) is 0 Å². The Balaban J connectivity index is 1.57. The predicted molar refractivity (Wildman–Crippen MR) is 114 cm³/mol.